The van der Waals surface area contributed by atoms with Crippen LogP contribution in [0.1, 0.15) is 6.92 Å². The Morgan fingerprint density at radius 2 is 2.11 bits per heavy atom. The number of hydrogen-bond acceptors (Lipinski definition) is 3. The predicted octanol–water partition coefficient (Wildman–Crippen LogP) is 2.86. The molecule has 0 aliphatic carbocycles. The Balaban J connectivity index is 2.61. The highest BCUT2D eigenvalue weighted by molar-refractivity contribution is 7.89. The zero-order chi connectivity index (χ0) is 14.5. The molecule has 106 valence electrons. The monoisotopic (exact) mass is 323 g/mol. The quantitative estimate of drug-likeness (QED) is 0.620. The normalized spacial score (nSPS) is 11.5. The van der Waals surface area contributed by atoms with Gasteiger partial charge in [0.25, 0.3) is 0 Å². The topological polar surface area (TPSA) is 55.4 Å². The molecule has 0 atom stereocenters. The van der Waals surface area contributed by atoms with Crippen LogP contribution in [-0.2, 0) is 14.8 Å². The van der Waals surface area contributed by atoms with Crippen molar-refractivity contribution in [2.45, 2.75) is 11.8 Å². The maximum atomic E-state index is 12.0. The summed E-state index contributed by atoms with van der Waals surface area (Å²) >= 11 is 11.6. The summed E-state index contributed by atoms with van der Waals surface area (Å²) in [5.74, 6) is 0. The van der Waals surface area contributed by atoms with Crippen LogP contribution in [0.2, 0.25) is 10.0 Å². The Morgan fingerprint density at radius 3 is 2.74 bits per heavy atom. The van der Waals surface area contributed by atoms with Crippen molar-refractivity contribution in [3.8, 4) is 0 Å². The van der Waals surface area contributed by atoms with Crippen LogP contribution in [0.5, 0.6) is 0 Å². The molecule has 0 unspecified atom stereocenters. The third-order valence-electron chi connectivity index (χ3n) is 2.07. The summed E-state index contributed by atoms with van der Waals surface area (Å²) in [6, 6.07) is 4.27. The molecule has 1 N–H and O–H groups in total. The van der Waals surface area contributed by atoms with Crippen LogP contribution in [-0.4, -0.2) is 28.2 Å². The predicted molar refractivity (Wildman–Crippen MR) is 77.3 cm³/mol. The first kappa shape index (κ1) is 16.5. The van der Waals surface area contributed by atoms with E-state index in [1.165, 1.54) is 18.2 Å². The minimum absolute atomic E-state index is 0.0402. The zero-order valence-corrected chi connectivity index (χ0v) is 12.8. The van der Waals surface area contributed by atoms with Crippen molar-refractivity contribution in [3.63, 3.8) is 0 Å². The van der Waals surface area contributed by atoms with Crippen LogP contribution in [0.25, 0.3) is 0 Å². The lowest BCUT2D eigenvalue weighted by atomic mass is 10.4. The van der Waals surface area contributed by atoms with Gasteiger partial charge in [0.15, 0.2) is 0 Å². The minimum atomic E-state index is -3.68. The molecule has 19 heavy (non-hydrogen) atoms. The van der Waals surface area contributed by atoms with Crippen LogP contribution in [0.4, 0.5) is 0 Å². The Kier molecular flexibility index (Phi) is 6.29. The second kappa shape index (κ2) is 7.26. The van der Waals surface area contributed by atoms with Crippen LogP contribution in [0.15, 0.2) is 35.2 Å². The molecule has 0 radical (unpaired) electrons. The van der Waals surface area contributed by atoms with Gasteiger partial charge in [-0.05, 0) is 25.1 Å². The average Bonchev–Trinajstić information content (AvgIpc) is 2.31. The van der Waals surface area contributed by atoms with Gasteiger partial charge in [-0.1, -0.05) is 35.4 Å². The Hall–Kier alpha value is -0.590. The SMILES string of the molecule is C=C(C)COCCNS(=O)(=O)c1cc(Cl)ccc1Cl. The van der Waals surface area contributed by atoms with Gasteiger partial charge in [-0.25, -0.2) is 13.1 Å². The van der Waals surface area contributed by atoms with E-state index in [2.05, 4.69) is 11.3 Å². The second-order valence-electron chi connectivity index (χ2n) is 3.98. The van der Waals surface area contributed by atoms with E-state index in [9.17, 15) is 8.42 Å². The maximum absolute atomic E-state index is 12.0. The maximum Gasteiger partial charge on any atom is 0.242 e. The fourth-order valence-electron chi connectivity index (χ4n) is 1.26. The fraction of sp³-hybridized carbons (Fsp3) is 0.333. The third kappa shape index (κ3) is 5.50. The van der Waals surface area contributed by atoms with E-state index in [1.54, 1.807) is 0 Å². The second-order valence-corrected chi connectivity index (χ2v) is 6.56. The van der Waals surface area contributed by atoms with E-state index in [1.807, 2.05) is 6.92 Å². The minimum Gasteiger partial charge on any atom is -0.376 e. The molecule has 0 fully saturated rings. The number of rotatable bonds is 7. The van der Waals surface area contributed by atoms with Crippen molar-refractivity contribution >= 4 is 33.2 Å². The summed E-state index contributed by atoms with van der Waals surface area (Å²) < 4.78 is 31.5. The molecule has 0 saturated heterocycles. The van der Waals surface area contributed by atoms with Crippen molar-refractivity contribution in [1.82, 2.24) is 4.72 Å². The smallest absolute Gasteiger partial charge is 0.242 e. The fourth-order valence-corrected chi connectivity index (χ4v) is 3.03. The van der Waals surface area contributed by atoms with Crippen LogP contribution in [0.3, 0.4) is 0 Å². The molecule has 0 aliphatic heterocycles. The standard InChI is InChI=1S/C12H15Cl2NO3S/c1-9(2)8-18-6-5-15-19(16,17)12-7-10(13)3-4-11(12)14/h3-4,7,15H,1,5-6,8H2,2H3. The summed E-state index contributed by atoms with van der Waals surface area (Å²) in [5.41, 5.74) is 0.876. The van der Waals surface area contributed by atoms with Crippen molar-refractivity contribution in [1.29, 1.82) is 0 Å². The molecular formula is C12H15Cl2NO3S. The summed E-state index contributed by atoms with van der Waals surface area (Å²) in [6.45, 7) is 6.31. The molecule has 4 nitrogen and oxygen atoms in total. The summed E-state index contributed by atoms with van der Waals surface area (Å²) in [6.07, 6.45) is 0. The van der Waals surface area contributed by atoms with Gasteiger partial charge in [0.1, 0.15) is 4.90 Å². The lowest BCUT2D eigenvalue weighted by Crippen LogP contribution is -2.27. The number of sulfonamides is 1. The van der Waals surface area contributed by atoms with Gasteiger partial charge >= 0.3 is 0 Å². The number of benzene rings is 1. The van der Waals surface area contributed by atoms with E-state index in [0.717, 1.165) is 5.57 Å². The van der Waals surface area contributed by atoms with Crippen molar-refractivity contribution in [3.05, 3.63) is 40.4 Å². The zero-order valence-electron chi connectivity index (χ0n) is 10.4. The lowest BCUT2D eigenvalue weighted by molar-refractivity contribution is 0.162. The average molecular weight is 324 g/mol. The number of halogens is 2. The molecule has 0 aliphatic rings. The van der Waals surface area contributed by atoms with Crippen LogP contribution >= 0.6 is 23.2 Å². The Bertz CT molecular complexity index is 558. The molecule has 0 saturated carbocycles. The highest BCUT2D eigenvalue weighted by Gasteiger charge is 2.17. The summed E-state index contributed by atoms with van der Waals surface area (Å²) in [5, 5.41) is 0.433. The summed E-state index contributed by atoms with van der Waals surface area (Å²) in [4.78, 5) is -0.0402. The van der Waals surface area contributed by atoms with Crippen LogP contribution < -0.4 is 4.72 Å². The van der Waals surface area contributed by atoms with E-state index >= 15 is 0 Å². The summed E-state index contributed by atoms with van der Waals surface area (Å²) in [7, 11) is -3.68. The van der Waals surface area contributed by atoms with Gasteiger partial charge in [-0.2, -0.15) is 0 Å². The number of hydrogen-bond donors (Lipinski definition) is 1. The van der Waals surface area contributed by atoms with E-state index in [4.69, 9.17) is 27.9 Å². The molecule has 1 rings (SSSR count). The van der Waals surface area contributed by atoms with Crippen molar-refractivity contribution < 1.29 is 13.2 Å². The largest absolute Gasteiger partial charge is 0.376 e. The van der Waals surface area contributed by atoms with E-state index in [-0.39, 0.29) is 23.1 Å². The highest BCUT2D eigenvalue weighted by atomic mass is 35.5. The Morgan fingerprint density at radius 1 is 1.42 bits per heavy atom. The van der Waals surface area contributed by atoms with Gasteiger partial charge in [-0.3, -0.25) is 0 Å². The van der Waals surface area contributed by atoms with E-state index in [0.29, 0.717) is 11.6 Å². The molecule has 0 amide bonds. The highest BCUT2D eigenvalue weighted by Crippen LogP contribution is 2.24. The van der Waals surface area contributed by atoms with Crippen molar-refractivity contribution in [2.24, 2.45) is 0 Å². The third-order valence-corrected chi connectivity index (χ3v) is 4.25. The first-order valence-corrected chi connectivity index (χ1v) is 7.73. The molecular weight excluding hydrogens is 309 g/mol. The van der Waals surface area contributed by atoms with E-state index < -0.39 is 10.0 Å². The van der Waals surface area contributed by atoms with Gasteiger partial charge < -0.3 is 4.74 Å². The lowest BCUT2D eigenvalue weighted by Gasteiger charge is -2.09. The number of ether oxygens (including phenoxy) is 1. The molecule has 7 heteroatoms. The Labute approximate surface area is 123 Å². The molecule has 0 aromatic heterocycles. The molecule has 0 heterocycles. The van der Waals surface area contributed by atoms with Gasteiger partial charge in [0, 0.05) is 11.6 Å². The van der Waals surface area contributed by atoms with Crippen LogP contribution in [0, 0.1) is 0 Å². The molecule has 0 bridgehead atoms. The first-order valence-electron chi connectivity index (χ1n) is 5.50. The molecule has 1 aromatic rings. The first-order chi connectivity index (χ1) is 8.83. The molecule has 1 aromatic carbocycles. The van der Waals surface area contributed by atoms with Gasteiger partial charge in [-0.15, -0.1) is 0 Å². The molecule has 0 spiro atoms. The van der Waals surface area contributed by atoms with Gasteiger partial charge in [0.05, 0.1) is 18.2 Å². The van der Waals surface area contributed by atoms with Gasteiger partial charge in [0.2, 0.25) is 10.0 Å². The van der Waals surface area contributed by atoms with Crippen molar-refractivity contribution in [2.75, 3.05) is 19.8 Å². The number of nitrogens with one attached hydrogen (secondary N) is 1.